The van der Waals surface area contributed by atoms with Crippen LogP contribution in [0.2, 0.25) is 0 Å². The lowest BCUT2D eigenvalue weighted by Crippen LogP contribution is -2.53. The molecule has 0 bridgehead atoms. The van der Waals surface area contributed by atoms with E-state index in [1.807, 2.05) is 13.8 Å². The van der Waals surface area contributed by atoms with Crippen LogP contribution in [0.4, 0.5) is 22.0 Å². The highest BCUT2D eigenvalue weighted by molar-refractivity contribution is 7.82. The fourth-order valence-electron chi connectivity index (χ4n) is 3.99. The van der Waals surface area contributed by atoms with E-state index < -0.39 is 45.9 Å². The van der Waals surface area contributed by atoms with Crippen LogP contribution in [0, 0.1) is 11.6 Å². The third-order valence-electron chi connectivity index (χ3n) is 5.99. The predicted octanol–water partition coefficient (Wildman–Crippen LogP) is 5.66. The molecule has 0 radical (unpaired) electrons. The molecule has 0 aliphatic carbocycles. The van der Waals surface area contributed by atoms with E-state index in [4.69, 9.17) is 0 Å². The van der Waals surface area contributed by atoms with Crippen molar-refractivity contribution in [3.05, 3.63) is 77.9 Å². The number of amides is 1. The number of alkyl halides is 3. The Morgan fingerprint density at radius 3 is 2.37 bits per heavy atom. The van der Waals surface area contributed by atoms with E-state index >= 15 is 0 Å². The van der Waals surface area contributed by atoms with Crippen molar-refractivity contribution in [1.29, 1.82) is 0 Å². The highest BCUT2D eigenvalue weighted by Crippen LogP contribution is 2.33. The molecule has 1 N–H and O–H groups in total. The van der Waals surface area contributed by atoms with Crippen LogP contribution in [0.5, 0.6) is 0 Å². The quantitative estimate of drug-likeness (QED) is 0.399. The molecule has 1 aliphatic heterocycles. The molecule has 1 unspecified atom stereocenters. The highest BCUT2D eigenvalue weighted by Gasteiger charge is 2.46. The molecule has 0 saturated carbocycles. The van der Waals surface area contributed by atoms with Crippen molar-refractivity contribution in [2.24, 2.45) is 0 Å². The minimum Gasteiger partial charge on any atom is -0.349 e. The fourth-order valence-corrected chi connectivity index (χ4v) is 5.45. The standard InChI is InChI=1S/C24H21F5N4O2S.C2H6/c1-23(9-2-10-33(23)36(35)18-6-4-16(25)5-7-18)22(34)32-13-17-11-19(20(26)14-30-17)15-3-8-21(31-12-15)24(27,28)29;1-2/h3-8,11-12,14H,2,9-10,13H2,1H3,(H,32,34);1-2H3/t23-,36?;/m0./s1. The molecule has 12 heteroatoms. The minimum atomic E-state index is -4.62. The zero-order valence-corrected chi connectivity index (χ0v) is 21.8. The van der Waals surface area contributed by atoms with Crippen LogP contribution < -0.4 is 5.32 Å². The molecule has 204 valence electrons. The first-order valence-electron chi connectivity index (χ1n) is 11.9. The topological polar surface area (TPSA) is 75.2 Å². The number of pyridine rings is 2. The Hall–Kier alpha value is -3.25. The third kappa shape index (κ3) is 6.41. The number of hydrogen-bond acceptors (Lipinski definition) is 4. The van der Waals surface area contributed by atoms with Gasteiger partial charge in [0.15, 0.2) is 0 Å². The van der Waals surface area contributed by atoms with Crippen molar-refractivity contribution in [3.8, 4) is 11.1 Å². The third-order valence-corrected chi connectivity index (χ3v) is 7.65. The van der Waals surface area contributed by atoms with Crippen LogP contribution in [-0.2, 0) is 28.5 Å². The molecule has 1 aliphatic rings. The zero-order valence-electron chi connectivity index (χ0n) is 21.0. The minimum absolute atomic E-state index is 0.0124. The molecule has 1 amide bonds. The summed E-state index contributed by atoms with van der Waals surface area (Å²) in [5, 5.41) is 2.73. The molecule has 1 aromatic carbocycles. The Labute approximate surface area is 219 Å². The number of carbonyl (C=O) groups is 1. The molecule has 0 spiro atoms. The van der Waals surface area contributed by atoms with Gasteiger partial charge in [-0.1, -0.05) is 19.9 Å². The van der Waals surface area contributed by atoms with Gasteiger partial charge in [0.05, 0.1) is 23.3 Å². The van der Waals surface area contributed by atoms with Crippen LogP contribution >= 0.6 is 0 Å². The lowest BCUT2D eigenvalue weighted by atomic mass is 9.99. The number of nitrogens with one attached hydrogen (secondary N) is 1. The second kappa shape index (κ2) is 12.1. The van der Waals surface area contributed by atoms with Crippen molar-refractivity contribution in [1.82, 2.24) is 19.6 Å². The van der Waals surface area contributed by atoms with E-state index in [2.05, 4.69) is 15.3 Å². The van der Waals surface area contributed by atoms with Gasteiger partial charge in [-0.25, -0.2) is 17.3 Å². The van der Waals surface area contributed by atoms with E-state index in [1.54, 1.807) is 11.2 Å². The van der Waals surface area contributed by atoms with Gasteiger partial charge in [-0.2, -0.15) is 13.2 Å². The number of benzene rings is 1. The predicted molar refractivity (Wildman–Crippen MR) is 133 cm³/mol. The van der Waals surface area contributed by atoms with E-state index in [0.29, 0.717) is 24.3 Å². The molecule has 3 heterocycles. The Kier molecular flexibility index (Phi) is 9.31. The Morgan fingerprint density at radius 1 is 1.08 bits per heavy atom. The van der Waals surface area contributed by atoms with Crippen molar-refractivity contribution >= 4 is 16.9 Å². The Balaban J connectivity index is 0.00000195. The van der Waals surface area contributed by atoms with Gasteiger partial charge in [0.2, 0.25) is 5.91 Å². The van der Waals surface area contributed by atoms with Gasteiger partial charge in [0.25, 0.3) is 0 Å². The Morgan fingerprint density at radius 2 is 1.76 bits per heavy atom. The van der Waals surface area contributed by atoms with E-state index in [0.717, 1.165) is 24.5 Å². The summed E-state index contributed by atoms with van der Waals surface area (Å²) < 4.78 is 80.5. The summed E-state index contributed by atoms with van der Waals surface area (Å²) in [7, 11) is -1.69. The van der Waals surface area contributed by atoms with Gasteiger partial charge < -0.3 is 5.32 Å². The maximum atomic E-state index is 14.4. The number of hydrogen-bond donors (Lipinski definition) is 1. The number of rotatable bonds is 6. The highest BCUT2D eigenvalue weighted by atomic mass is 32.2. The number of halogens is 5. The fraction of sp³-hybridized carbons (Fsp3) is 0.346. The molecule has 1 fully saturated rings. The first-order valence-corrected chi connectivity index (χ1v) is 13.0. The average Bonchev–Trinajstić information content (AvgIpc) is 3.31. The molecule has 1 saturated heterocycles. The van der Waals surface area contributed by atoms with Crippen molar-refractivity contribution < 1.29 is 31.0 Å². The maximum Gasteiger partial charge on any atom is 0.433 e. The summed E-state index contributed by atoms with van der Waals surface area (Å²) >= 11 is 0. The molecule has 4 rings (SSSR count). The van der Waals surface area contributed by atoms with Gasteiger partial charge in [-0.05, 0) is 56.2 Å². The van der Waals surface area contributed by atoms with Crippen LogP contribution in [0.25, 0.3) is 11.1 Å². The SMILES string of the molecule is CC.C[C@@]1(C(=O)NCc2cc(-c3ccc(C(F)(F)F)nc3)c(F)cn2)CCCN1S(=O)c1ccc(F)cc1. The largest absolute Gasteiger partial charge is 0.433 e. The summed E-state index contributed by atoms with van der Waals surface area (Å²) in [6.07, 6.45) is -1.72. The summed E-state index contributed by atoms with van der Waals surface area (Å²) in [4.78, 5) is 20.8. The van der Waals surface area contributed by atoms with Gasteiger partial charge in [-0.3, -0.25) is 14.8 Å². The van der Waals surface area contributed by atoms with Gasteiger partial charge >= 0.3 is 6.18 Å². The summed E-state index contributed by atoms with van der Waals surface area (Å²) in [6, 6.07) is 8.40. The van der Waals surface area contributed by atoms with E-state index in [-0.39, 0.29) is 23.4 Å². The molecule has 6 nitrogen and oxygen atoms in total. The number of nitrogens with zero attached hydrogens (tertiary/aromatic N) is 3. The van der Waals surface area contributed by atoms with Crippen molar-refractivity contribution in [3.63, 3.8) is 0 Å². The summed E-state index contributed by atoms with van der Waals surface area (Å²) in [5.74, 6) is -1.63. The molecule has 38 heavy (non-hydrogen) atoms. The normalized spacial score (nSPS) is 18.4. The molecular weight excluding hydrogens is 527 g/mol. The Bertz CT molecular complexity index is 1290. The van der Waals surface area contributed by atoms with Gasteiger partial charge in [0.1, 0.15) is 33.9 Å². The lowest BCUT2D eigenvalue weighted by Gasteiger charge is -2.32. The van der Waals surface area contributed by atoms with Gasteiger partial charge in [-0.15, -0.1) is 0 Å². The van der Waals surface area contributed by atoms with Crippen molar-refractivity contribution in [2.75, 3.05) is 6.54 Å². The second-order valence-corrected chi connectivity index (χ2v) is 9.86. The monoisotopic (exact) mass is 554 g/mol. The first kappa shape index (κ1) is 29.3. The smallest absolute Gasteiger partial charge is 0.349 e. The van der Waals surface area contributed by atoms with Gasteiger partial charge in [0, 0.05) is 23.9 Å². The molecule has 2 atom stereocenters. The zero-order chi connectivity index (χ0) is 28.1. The van der Waals surface area contributed by atoms with Crippen LogP contribution in [0.15, 0.2) is 59.8 Å². The number of aromatic nitrogens is 2. The van der Waals surface area contributed by atoms with Crippen molar-refractivity contribution in [2.45, 2.75) is 56.8 Å². The first-order chi connectivity index (χ1) is 18.0. The van der Waals surface area contributed by atoms with E-state index in [9.17, 15) is 31.0 Å². The molecular formula is C26H27F5N4O2S. The average molecular weight is 555 g/mol. The second-order valence-electron chi connectivity index (χ2n) is 8.45. The van der Waals surface area contributed by atoms with Crippen LogP contribution in [-0.4, -0.2) is 36.5 Å². The van der Waals surface area contributed by atoms with Crippen LogP contribution in [0.1, 0.15) is 45.0 Å². The molecule has 2 aromatic heterocycles. The number of carbonyl (C=O) groups excluding carboxylic acids is 1. The van der Waals surface area contributed by atoms with E-state index in [1.165, 1.54) is 30.3 Å². The lowest BCUT2D eigenvalue weighted by molar-refractivity contribution is -0.141. The summed E-state index contributed by atoms with van der Waals surface area (Å²) in [5.41, 5.74) is -1.83. The maximum absolute atomic E-state index is 14.4. The summed E-state index contributed by atoms with van der Waals surface area (Å²) in [6.45, 7) is 5.97. The molecule has 3 aromatic rings. The van der Waals surface area contributed by atoms with Crippen LogP contribution in [0.3, 0.4) is 0 Å².